The van der Waals surface area contributed by atoms with E-state index in [-0.39, 0.29) is 30.8 Å². The average molecular weight is 418 g/mol. The van der Waals surface area contributed by atoms with E-state index >= 15 is 0 Å². The van der Waals surface area contributed by atoms with Crippen molar-refractivity contribution in [2.24, 2.45) is 11.1 Å². The number of anilines is 1. The molecule has 2 saturated heterocycles. The number of thiophene rings is 1. The van der Waals surface area contributed by atoms with Crippen LogP contribution in [0.2, 0.25) is 0 Å². The number of nitrogens with zero attached hydrogens (tertiary/aromatic N) is 1. The molecule has 2 aliphatic rings. The Morgan fingerprint density at radius 2 is 2.15 bits per heavy atom. The molecule has 1 atom stereocenters. The number of ether oxygens (including phenoxy) is 2. The van der Waals surface area contributed by atoms with Crippen molar-refractivity contribution in [2.75, 3.05) is 38.3 Å². The summed E-state index contributed by atoms with van der Waals surface area (Å²) < 4.78 is 10.1. The molecule has 150 valence electrons. The standard InChI is InChI=1S/C17H23N3O5S.ClH/c1-24-15(22)11-3-9-26-14(11)20-6-2-12(13(20)21)19-16(23)17(10-18)4-7-25-8-5-17;/h3,9,12H,2,4-8,10,18H2,1H3,(H,19,23);1H. The van der Waals surface area contributed by atoms with Crippen molar-refractivity contribution in [3.63, 3.8) is 0 Å². The summed E-state index contributed by atoms with van der Waals surface area (Å²) in [6.07, 6.45) is 1.59. The number of nitrogens with one attached hydrogen (secondary N) is 1. The van der Waals surface area contributed by atoms with Gasteiger partial charge in [-0.25, -0.2) is 4.79 Å². The summed E-state index contributed by atoms with van der Waals surface area (Å²) in [4.78, 5) is 39.0. The predicted octanol–water partition coefficient (Wildman–Crippen LogP) is 0.933. The molecule has 8 nitrogen and oxygen atoms in total. The molecule has 10 heteroatoms. The average Bonchev–Trinajstić information content (AvgIpc) is 3.28. The van der Waals surface area contributed by atoms with Gasteiger partial charge in [0.1, 0.15) is 11.0 Å². The van der Waals surface area contributed by atoms with Gasteiger partial charge in [-0.15, -0.1) is 23.7 Å². The minimum Gasteiger partial charge on any atom is -0.465 e. The molecule has 0 radical (unpaired) electrons. The second kappa shape index (κ2) is 9.01. The Labute approximate surface area is 167 Å². The van der Waals surface area contributed by atoms with E-state index in [0.717, 1.165) is 0 Å². The van der Waals surface area contributed by atoms with Crippen LogP contribution in [0.5, 0.6) is 0 Å². The van der Waals surface area contributed by atoms with E-state index in [9.17, 15) is 14.4 Å². The second-order valence-electron chi connectivity index (χ2n) is 6.53. The van der Waals surface area contributed by atoms with Gasteiger partial charge >= 0.3 is 5.97 Å². The number of esters is 1. The summed E-state index contributed by atoms with van der Waals surface area (Å²) >= 11 is 1.30. The fraction of sp³-hybridized carbons (Fsp3) is 0.588. The molecular weight excluding hydrogens is 394 g/mol. The van der Waals surface area contributed by atoms with E-state index < -0.39 is 17.4 Å². The maximum Gasteiger partial charge on any atom is 0.340 e. The molecule has 3 N–H and O–H groups in total. The number of hydrogen-bond donors (Lipinski definition) is 2. The number of rotatable bonds is 5. The number of hydrogen-bond acceptors (Lipinski definition) is 7. The number of carbonyl (C=O) groups is 3. The lowest BCUT2D eigenvalue weighted by Crippen LogP contribution is -2.53. The summed E-state index contributed by atoms with van der Waals surface area (Å²) in [5, 5.41) is 5.16. The van der Waals surface area contributed by atoms with Gasteiger partial charge < -0.3 is 25.4 Å². The van der Waals surface area contributed by atoms with Gasteiger partial charge in [0.2, 0.25) is 11.8 Å². The number of carbonyl (C=O) groups excluding carboxylic acids is 3. The van der Waals surface area contributed by atoms with E-state index in [2.05, 4.69) is 5.32 Å². The molecule has 1 aromatic heterocycles. The molecule has 2 fully saturated rings. The molecule has 0 bridgehead atoms. The zero-order valence-electron chi connectivity index (χ0n) is 15.1. The van der Waals surface area contributed by atoms with E-state index in [4.69, 9.17) is 15.2 Å². The van der Waals surface area contributed by atoms with Crippen molar-refractivity contribution in [1.82, 2.24) is 5.32 Å². The molecule has 1 aromatic rings. The number of methoxy groups -OCH3 is 1. The van der Waals surface area contributed by atoms with Gasteiger partial charge in [-0.05, 0) is 30.7 Å². The first-order valence-electron chi connectivity index (χ1n) is 8.58. The van der Waals surface area contributed by atoms with Gasteiger partial charge in [-0.1, -0.05) is 0 Å². The Morgan fingerprint density at radius 3 is 2.78 bits per heavy atom. The van der Waals surface area contributed by atoms with Gasteiger partial charge in [0, 0.05) is 26.3 Å². The third-order valence-electron chi connectivity index (χ3n) is 5.13. The largest absolute Gasteiger partial charge is 0.465 e. The van der Waals surface area contributed by atoms with Crippen LogP contribution < -0.4 is 16.0 Å². The van der Waals surface area contributed by atoms with Gasteiger partial charge in [0.15, 0.2) is 0 Å². The monoisotopic (exact) mass is 417 g/mol. The van der Waals surface area contributed by atoms with Crippen LogP contribution in [0.3, 0.4) is 0 Å². The highest BCUT2D eigenvalue weighted by atomic mass is 35.5. The maximum atomic E-state index is 12.8. The minimum absolute atomic E-state index is 0. The zero-order valence-corrected chi connectivity index (χ0v) is 16.7. The Morgan fingerprint density at radius 1 is 1.44 bits per heavy atom. The van der Waals surface area contributed by atoms with Crippen molar-refractivity contribution >= 4 is 46.5 Å². The summed E-state index contributed by atoms with van der Waals surface area (Å²) in [5.74, 6) is -0.890. The molecular formula is C17H24ClN3O5S. The summed E-state index contributed by atoms with van der Waals surface area (Å²) in [6, 6.07) is 1.03. The van der Waals surface area contributed by atoms with E-state index in [1.54, 1.807) is 16.3 Å². The Bertz CT molecular complexity index is 704. The van der Waals surface area contributed by atoms with Crippen molar-refractivity contribution in [3.05, 3.63) is 17.0 Å². The van der Waals surface area contributed by atoms with Crippen LogP contribution in [-0.4, -0.2) is 57.2 Å². The molecule has 0 aromatic carbocycles. The maximum absolute atomic E-state index is 12.8. The molecule has 3 heterocycles. The van der Waals surface area contributed by atoms with E-state index in [1.165, 1.54) is 18.4 Å². The van der Waals surface area contributed by atoms with Gasteiger partial charge in [0.05, 0.1) is 18.1 Å². The number of nitrogens with two attached hydrogens (primary N) is 1. The van der Waals surface area contributed by atoms with Gasteiger partial charge in [-0.3, -0.25) is 9.59 Å². The lowest BCUT2D eigenvalue weighted by atomic mass is 9.79. The molecule has 0 spiro atoms. The van der Waals surface area contributed by atoms with Crippen LogP contribution in [0.25, 0.3) is 0 Å². The second-order valence-corrected chi connectivity index (χ2v) is 7.43. The SMILES string of the molecule is COC(=O)c1ccsc1N1CCC(NC(=O)C2(CN)CCOCC2)C1=O.Cl. The van der Waals surface area contributed by atoms with E-state index in [0.29, 0.717) is 49.6 Å². The van der Waals surface area contributed by atoms with Crippen molar-refractivity contribution in [1.29, 1.82) is 0 Å². The lowest BCUT2D eigenvalue weighted by Gasteiger charge is -2.35. The quantitative estimate of drug-likeness (QED) is 0.689. The van der Waals surface area contributed by atoms with Crippen LogP contribution in [0.15, 0.2) is 11.4 Å². The number of amides is 2. The van der Waals surface area contributed by atoms with Crippen molar-refractivity contribution in [2.45, 2.75) is 25.3 Å². The van der Waals surface area contributed by atoms with Crippen LogP contribution in [0, 0.1) is 5.41 Å². The third-order valence-corrected chi connectivity index (χ3v) is 6.06. The van der Waals surface area contributed by atoms with E-state index in [1.807, 2.05) is 0 Å². The molecule has 2 aliphatic heterocycles. The normalized spacial score (nSPS) is 21.5. The van der Waals surface area contributed by atoms with Crippen molar-refractivity contribution in [3.8, 4) is 0 Å². The predicted molar refractivity (Wildman–Crippen MR) is 103 cm³/mol. The zero-order chi connectivity index (χ0) is 18.7. The highest BCUT2D eigenvalue weighted by molar-refractivity contribution is 7.14. The third kappa shape index (κ3) is 4.11. The van der Waals surface area contributed by atoms with Crippen LogP contribution >= 0.6 is 23.7 Å². The van der Waals surface area contributed by atoms with Crippen molar-refractivity contribution < 1.29 is 23.9 Å². The highest BCUT2D eigenvalue weighted by Crippen LogP contribution is 2.33. The van der Waals surface area contributed by atoms with Crippen LogP contribution in [-0.2, 0) is 19.1 Å². The first-order valence-corrected chi connectivity index (χ1v) is 9.46. The summed E-state index contributed by atoms with van der Waals surface area (Å²) in [6.45, 7) is 1.65. The first-order chi connectivity index (χ1) is 12.5. The smallest absolute Gasteiger partial charge is 0.340 e. The fourth-order valence-electron chi connectivity index (χ4n) is 3.39. The fourth-order valence-corrected chi connectivity index (χ4v) is 4.31. The topological polar surface area (TPSA) is 111 Å². The minimum atomic E-state index is -0.675. The van der Waals surface area contributed by atoms with Gasteiger partial charge in [0.25, 0.3) is 0 Å². The molecule has 1 unspecified atom stereocenters. The van der Waals surface area contributed by atoms with Crippen LogP contribution in [0.1, 0.15) is 29.6 Å². The summed E-state index contributed by atoms with van der Waals surface area (Å²) in [5.41, 5.74) is 5.55. The Kier molecular flexibility index (Phi) is 7.21. The Hall–Kier alpha value is -1.68. The number of halogens is 1. The van der Waals surface area contributed by atoms with Gasteiger partial charge in [-0.2, -0.15) is 0 Å². The summed E-state index contributed by atoms with van der Waals surface area (Å²) in [7, 11) is 1.30. The molecule has 0 aliphatic carbocycles. The lowest BCUT2D eigenvalue weighted by molar-refractivity contribution is -0.138. The molecule has 0 saturated carbocycles. The highest BCUT2D eigenvalue weighted by Gasteiger charge is 2.43. The first kappa shape index (κ1) is 21.6. The Balaban J connectivity index is 0.00000261. The molecule has 27 heavy (non-hydrogen) atoms. The molecule has 2 amide bonds. The van der Waals surface area contributed by atoms with Crippen LogP contribution in [0.4, 0.5) is 5.00 Å². The molecule has 3 rings (SSSR count).